The minimum atomic E-state index is -1.14. The van der Waals surface area contributed by atoms with Gasteiger partial charge in [-0.1, -0.05) is 17.8 Å². The van der Waals surface area contributed by atoms with Crippen LogP contribution in [0.5, 0.6) is 0 Å². The third kappa shape index (κ3) is 3.34. The Morgan fingerprint density at radius 1 is 1.43 bits per heavy atom. The van der Waals surface area contributed by atoms with E-state index in [1.807, 2.05) is 6.92 Å². The monoisotopic (exact) mass is 306 g/mol. The zero-order chi connectivity index (χ0) is 15.4. The molecule has 0 radical (unpaired) electrons. The summed E-state index contributed by atoms with van der Waals surface area (Å²) in [4.78, 5) is 23.8. The van der Waals surface area contributed by atoms with Crippen LogP contribution in [0.15, 0.2) is 18.2 Å². The van der Waals surface area contributed by atoms with Gasteiger partial charge in [-0.3, -0.25) is 4.79 Å². The molecule has 1 aromatic carbocycles. The van der Waals surface area contributed by atoms with Gasteiger partial charge in [-0.25, -0.2) is 4.79 Å². The summed E-state index contributed by atoms with van der Waals surface area (Å²) in [7, 11) is 0. The Balaban J connectivity index is 2.29. The van der Waals surface area contributed by atoms with Crippen LogP contribution in [0.25, 0.3) is 0 Å². The second-order valence-corrected chi connectivity index (χ2v) is 5.12. The number of aromatic nitrogens is 2. The molecule has 0 bridgehead atoms. The Hall–Kier alpha value is -2.48. The van der Waals surface area contributed by atoms with Gasteiger partial charge in [0, 0.05) is 5.69 Å². The first-order valence-corrected chi connectivity index (χ1v) is 7.05. The maximum atomic E-state index is 12.2. The molecular formula is C13H14N4O3S. The first-order valence-electron chi connectivity index (χ1n) is 6.28. The van der Waals surface area contributed by atoms with Crippen LogP contribution in [0.1, 0.15) is 39.1 Å². The molecular weight excluding hydrogens is 292 g/mol. The van der Waals surface area contributed by atoms with Crippen molar-refractivity contribution in [1.82, 2.24) is 9.59 Å². The fourth-order valence-electron chi connectivity index (χ4n) is 1.81. The van der Waals surface area contributed by atoms with Crippen LogP contribution in [0.2, 0.25) is 0 Å². The van der Waals surface area contributed by atoms with Crippen LogP contribution < -0.4 is 11.1 Å². The molecule has 7 nitrogen and oxygen atoms in total. The summed E-state index contributed by atoms with van der Waals surface area (Å²) in [6, 6.07) is 4.23. The summed E-state index contributed by atoms with van der Waals surface area (Å²) in [6.07, 6.45) is 1.48. The molecule has 110 valence electrons. The lowest BCUT2D eigenvalue weighted by Crippen LogP contribution is -2.15. The summed E-state index contributed by atoms with van der Waals surface area (Å²) >= 11 is 0.983. The van der Waals surface area contributed by atoms with E-state index >= 15 is 0 Å². The molecule has 1 heterocycles. The molecule has 0 spiro atoms. The number of amides is 1. The van der Waals surface area contributed by atoms with Crippen molar-refractivity contribution in [1.29, 1.82) is 0 Å². The topological polar surface area (TPSA) is 118 Å². The van der Waals surface area contributed by atoms with E-state index in [1.165, 1.54) is 18.2 Å². The van der Waals surface area contributed by atoms with Gasteiger partial charge >= 0.3 is 5.97 Å². The highest BCUT2D eigenvalue weighted by molar-refractivity contribution is 7.08. The van der Waals surface area contributed by atoms with Gasteiger partial charge in [0.15, 0.2) is 0 Å². The third-order valence-corrected chi connectivity index (χ3v) is 3.54. The predicted octanol–water partition coefficient (Wildman–Crippen LogP) is 2.02. The van der Waals surface area contributed by atoms with E-state index in [9.17, 15) is 9.59 Å². The van der Waals surface area contributed by atoms with E-state index in [0.29, 0.717) is 22.7 Å². The average Bonchev–Trinajstić information content (AvgIpc) is 2.87. The Kier molecular flexibility index (Phi) is 4.49. The minimum absolute atomic E-state index is 0.0212. The first kappa shape index (κ1) is 14.9. The van der Waals surface area contributed by atoms with Crippen molar-refractivity contribution < 1.29 is 14.7 Å². The van der Waals surface area contributed by atoms with Crippen molar-refractivity contribution in [2.75, 3.05) is 11.1 Å². The number of nitrogens with two attached hydrogens (primary N) is 1. The molecule has 0 saturated heterocycles. The smallest absolute Gasteiger partial charge is 0.337 e. The lowest BCUT2D eigenvalue weighted by molar-refractivity contribution is 0.0698. The van der Waals surface area contributed by atoms with E-state index in [-0.39, 0.29) is 11.3 Å². The van der Waals surface area contributed by atoms with Crippen molar-refractivity contribution in [2.24, 2.45) is 0 Å². The van der Waals surface area contributed by atoms with Gasteiger partial charge in [0.2, 0.25) is 0 Å². The maximum absolute atomic E-state index is 12.2. The van der Waals surface area contributed by atoms with Gasteiger partial charge in [-0.2, -0.15) is 0 Å². The van der Waals surface area contributed by atoms with Crippen molar-refractivity contribution in [3.8, 4) is 0 Å². The number of aromatic carboxylic acids is 1. The second kappa shape index (κ2) is 6.31. The Bertz CT molecular complexity index is 684. The Morgan fingerprint density at radius 2 is 2.19 bits per heavy atom. The number of benzene rings is 1. The van der Waals surface area contributed by atoms with Gasteiger partial charge in [0.1, 0.15) is 4.88 Å². The van der Waals surface area contributed by atoms with E-state index in [0.717, 1.165) is 18.0 Å². The molecule has 21 heavy (non-hydrogen) atoms. The van der Waals surface area contributed by atoms with E-state index in [4.69, 9.17) is 10.8 Å². The summed E-state index contributed by atoms with van der Waals surface area (Å²) in [5.74, 6) is -1.57. The number of nitrogens with zero attached hydrogens (tertiary/aromatic N) is 2. The number of carbonyl (C=O) groups excluding carboxylic acids is 1. The highest BCUT2D eigenvalue weighted by Crippen LogP contribution is 2.21. The number of carboxylic acids is 1. The number of hydrogen-bond donors (Lipinski definition) is 3. The highest BCUT2D eigenvalue weighted by atomic mass is 32.1. The molecule has 0 saturated carbocycles. The van der Waals surface area contributed by atoms with Crippen LogP contribution in [0.3, 0.4) is 0 Å². The number of hydrogen-bond acceptors (Lipinski definition) is 6. The van der Waals surface area contributed by atoms with Crippen LogP contribution in [0, 0.1) is 0 Å². The van der Waals surface area contributed by atoms with Gasteiger partial charge < -0.3 is 16.2 Å². The predicted molar refractivity (Wildman–Crippen MR) is 79.7 cm³/mol. The van der Waals surface area contributed by atoms with Crippen molar-refractivity contribution >= 4 is 34.8 Å². The maximum Gasteiger partial charge on any atom is 0.337 e. The van der Waals surface area contributed by atoms with Gasteiger partial charge in [-0.15, -0.1) is 5.10 Å². The van der Waals surface area contributed by atoms with E-state index in [2.05, 4.69) is 14.9 Å². The molecule has 0 atom stereocenters. The molecule has 0 aliphatic carbocycles. The van der Waals surface area contributed by atoms with Gasteiger partial charge in [0.05, 0.1) is 16.9 Å². The molecule has 4 N–H and O–H groups in total. The van der Waals surface area contributed by atoms with Crippen LogP contribution in [-0.4, -0.2) is 26.6 Å². The number of anilines is 2. The van der Waals surface area contributed by atoms with Crippen molar-refractivity contribution in [2.45, 2.75) is 19.8 Å². The summed E-state index contributed by atoms with van der Waals surface area (Å²) in [5.41, 5.74) is 6.75. The Morgan fingerprint density at radius 3 is 2.86 bits per heavy atom. The van der Waals surface area contributed by atoms with Crippen molar-refractivity contribution in [3.63, 3.8) is 0 Å². The number of nitrogen functional groups attached to an aromatic ring is 1. The van der Waals surface area contributed by atoms with E-state index in [1.54, 1.807) is 0 Å². The molecule has 2 aromatic rings. The SMILES string of the molecule is CCCc1nnsc1C(=O)Nc1cc(N)ccc1C(=O)O. The summed E-state index contributed by atoms with van der Waals surface area (Å²) in [5, 5.41) is 15.6. The normalized spacial score (nSPS) is 10.3. The fraction of sp³-hybridized carbons (Fsp3) is 0.231. The van der Waals surface area contributed by atoms with Gasteiger partial charge in [-0.05, 0) is 36.2 Å². The first-order chi connectivity index (χ1) is 10.0. The van der Waals surface area contributed by atoms with Crippen LogP contribution in [-0.2, 0) is 6.42 Å². The molecule has 1 aromatic heterocycles. The number of aryl methyl sites for hydroxylation is 1. The second-order valence-electron chi connectivity index (χ2n) is 4.36. The van der Waals surface area contributed by atoms with Crippen molar-refractivity contribution in [3.05, 3.63) is 34.3 Å². The summed E-state index contributed by atoms with van der Waals surface area (Å²) < 4.78 is 3.77. The molecule has 0 aliphatic heterocycles. The van der Waals surface area contributed by atoms with Crippen LogP contribution >= 0.6 is 11.5 Å². The zero-order valence-electron chi connectivity index (χ0n) is 11.3. The average molecular weight is 306 g/mol. The van der Waals surface area contributed by atoms with Crippen LogP contribution in [0.4, 0.5) is 11.4 Å². The number of carbonyl (C=O) groups is 2. The molecule has 2 rings (SSSR count). The number of nitrogens with one attached hydrogen (secondary N) is 1. The fourth-order valence-corrected chi connectivity index (χ4v) is 2.42. The molecule has 0 fully saturated rings. The largest absolute Gasteiger partial charge is 0.478 e. The zero-order valence-corrected chi connectivity index (χ0v) is 12.1. The highest BCUT2D eigenvalue weighted by Gasteiger charge is 2.18. The molecule has 0 unspecified atom stereocenters. The lowest BCUT2D eigenvalue weighted by Gasteiger charge is -2.08. The summed E-state index contributed by atoms with van der Waals surface area (Å²) in [6.45, 7) is 1.97. The molecule has 8 heteroatoms. The van der Waals surface area contributed by atoms with E-state index < -0.39 is 11.9 Å². The minimum Gasteiger partial charge on any atom is -0.478 e. The molecule has 1 amide bonds. The molecule has 0 aliphatic rings. The number of rotatable bonds is 5. The van der Waals surface area contributed by atoms with Gasteiger partial charge in [0.25, 0.3) is 5.91 Å². The Labute approximate surface area is 125 Å². The lowest BCUT2D eigenvalue weighted by atomic mass is 10.1. The quantitative estimate of drug-likeness (QED) is 0.727. The standard InChI is InChI=1S/C13H14N4O3S/c1-2-3-9-11(21-17-16-9)12(18)15-10-6-7(14)4-5-8(10)13(19)20/h4-6H,2-3,14H2,1H3,(H,15,18)(H,19,20). The third-order valence-electron chi connectivity index (χ3n) is 2.77. The number of carboxylic acid groups (broad SMARTS) is 1.